The predicted octanol–water partition coefficient (Wildman–Crippen LogP) is 0.190. The zero-order chi connectivity index (χ0) is 6.85. The summed E-state index contributed by atoms with van der Waals surface area (Å²) in [5, 5.41) is 8.92. The summed E-state index contributed by atoms with van der Waals surface area (Å²) in [6, 6.07) is 5.19. The van der Waals surface area contributed by atoms with E-state index in [0.717, 1.165) is 3.51 Å². The molecule has 4 heteroatoms. The van der Waals surface area contributed by atoms with Crippen molar-refractivity contribution < 1.29 is 5.11 Å². The Morgan fingerprint density at radius 3 is 2.40 bits per heavy atom. The molecule has 0 aliphatic rings. The molecule has 0 aliphatic heterocycles. The molecule has 0 heterocycles. The first kappa shape index (κ1) is 9.93. The van der Waals surface area contributed by atoms with Crippen LogP contribution in [0.3, 0.4) is 0 Å². The van der Waals surface area contributed by atoms with E-state index in [4.69, 9.17) is 10.8 Å². The van der Waals surface area contributed by atoms with Gasteiger partial charge in [0.1, 0.15) is 0 Å². The van der Waals surface area contributed by atoms with Crippen LogP contribution in [0.15, 0.2) is 18.2 Å². The van der Waals surface area contributed by atoms with Crippen LogP contribution < -0.4 is 9.24 Å². The van der Waals surface area contributed by atoms with Gasteiger partial charge in [-0.3, -0.25) is 0 Å². The number of hydrogen-bond acceptors (Lipinski definition) is 2. The summed E-state index contributed by atoms with van der Waals surface area (Å²) in [5.41, 5.74) is 5.83. The van der Waals surface area contributed by atoms with Crippen LogP contribution in [-0.2, 0) is 0 Å². The van der Waals surface area contributed by atoms with Gasteiger partial charge in [-0.2, -0.15) is 0 Å². The Balaban J connectivity index is 0.000000810. The van der Waals surface area contributed by atoms with Gasteiger partial charge in [0.25, 0.3) is 0 Å². The van der Waals surface area contributed by atoms with Crippen molar-refractivity contribution in [1.29, 1.82) is 0 Å². The van der Waals surface area contributed by atoms with Crippen LogP contribution in [0.25, 0.3) is 0 Å². The molecule has 2 nitrogen and oxygen atoms in total. The summed E-state index contributed by atoms with van der Waals surface area (Å²) in [6.45, 7) is 0. The summed E-state index contributed by atoms with van der Waals surface area (Å²) in [4.78, 5) is 0. The Hall–Kier alpha value is -0.0718. The van der Waals surface area contributed by atoms with Crippen molar-refractivity contribution >= 4 is 44.6 Å². The molecule has 1 aromatic rings. The van der Waals surface area contributed by atoms with Gasteiger partial charge in [-0.25, -0.2) is 0 Å². The van der Waals surface area contributed by atoms with E-state index in [1.54, 1.807) is 35.2 Å². The molecule has 0 spiro atoms. The van der Waals surface area contributed by atoms with E-state index in [1.807, 2.05) is 6.07 Å². The Labute approximate surface area is 79.3 Å². The second-order valence-electron chi connectivity index (χ2n) is 1.74. The summed E-state index contributed by atoms with van der Waals surface area (Å²) in [7, 11) is 0. The summed E-state index contributed by atoms with van der Waals surface area (Å²) in [6.07, 6.45) is 0. The van der Waals surface area contributed by atoms with E-state index < -0.39 is 0 Å². The molecule has 3 N–H and O–H groups in total. The van der Waals surface area contributed by atoms with Crippen LogP contribution in [0.1, 0.15) is 0 Å². The monoisotopic (exact) mass is 265 g/mol. The molecular formula is C6H7ClNOSb. The standard InChI is InChI=1S/C6H6NO.ClH.Sb/c7-5-3-1-2-4-6(5)8;;/h2-4,8H,7H2;1H;. The number of phenolic OH excluding ortho intramolecular Hbond substituents is 1. The number of anilines is 1. The maximum absolute atomic E-state index is 8.92. The van der Waals surface area contributed by atoms with Crippen LogP contribution >= 0.6 is 12.4 Å². The van der Waals surface area contributed by atoms with Crippen molar-refractivity contribution in [3.05, 3.63) is 18.2 Å². The minimum atomic E-state index is 0. The second-order valence-corrected chi connectivity index (χ2v) is 3.22. The number of aromatic hydroxyl groups is 1. The molecule has 0 unspecified atom stereocenters. The minimum absolute atomic E-state index is 0. The third kappa shape index (κ3) is 2.28. The number of nitrogen functional groups attached to an aromatic ring is 1. The number of phenols is 1. The molecule has 0 aliphatic carbocycles. The van der Waals surface area contributed by atoms with E-state index in [-0.39, 0.29) is 18.2 Å². The molecule has 0 aromatic heterocycles. The molecule has 0 fully saturated rings. The quantitative estimate of drug-likeness (QED) is 0.400. The first-order valence-corrected chi connectivity index (χ1v) is 3.75. The van der Waals surface area contributed by atoms with E-state index in [9.17, 15) is 0 Å². The maximum atomic E-state index is 8.92. The zero-order valence-electron chi connectivity index (χ0n) is 5.11. The van der Waals surface area contributed by atoms with Crippen molar-refractivity contribution in [3.63, 3.8) is 0 Å². The molecular weight excluding hydrogens is 259 g/mol. The van der Waals surface area contributed by atoms with Gasteiger partial charge < -0.3 is 0 Å². The molecule has 0 bridgehead atoms. The van der Waals surface area contributed by atoms with Gasteiger partial charge in [-0.15, -0.1) is 12.4 Å². The fourth-order valence-electron chi connectivity index (χ4n) is 0.542. The third-order valence-electron chi connectivity index (χ3n) is 1.01. The van der Waals surface area contributed by atoms with Crippen LogP contribution in [0.2, 0.25) is 0 Å². The summed E-state index contributed by atoms with van der Waals surface area (Å²) >= 11 is 1.59. The molecule has 0 atom stereocenters. The van der Waals surface area contributed by atoms with E-state index in [0.29, 0.717) is 5.69 Å². The normalized spacial score (nSPS) is 8.50. The summed E-state index contributed by atoms with van der Waals surface area (Å²) < 4.78 is 1.11. The second kappa shape index (κ2) is 3.94. The first-order chi connectivity index (χ1) is 4.20. The molecule has 10 heavy (non-hydrogen) atoms. The van der Waals surface area contributed by atoms with Crippen LogP contribution in [-0.4, -0.2) is 28.1 Å². The van der Waals surface area contributed by atoms with E-state index in [2.05, 4.69) is 0 Å². The average molecular weight is 266 g/mol. The van der Waals surface area contributed by atoms with E-state index in [1.165, 1.54) is 0 Å². The topological polar surface area (TPSA) is 46.2 Å². The average Bonchev–Trinajstić information content (AvgIpc) is 1.80. The first-order valence-electron chi connectivity index (χ1n) is 2.47. The molecule has 1 rings (SSSR count). The zero-order valence-corrected chi connectivity index (χ0v) is 8.48. The number of benzene rings is 1. The Kier molecular flexibility index (Phi) is 3.92. The van der Waals surface area contributed by atoms with Crippen molar-refractivity contribution in [2.24, 2.45) is 0 Å². The van der Waals surface area contributed by atoms with Gasteiger partial charge in [-0.05, 0) is 0 Å². The van der Waals surface area contributed by atoms with Gasteiger partial charge in [0.05, 0.1) is 0 Å². The van der Waals surface area contributed by atoms with Gasteiger partial charge in [-0.1, -0.05) is 0 Å². The van der Waals surface area contributed by atoms with Gasteiger partial charge in [0, 0.05) is 0 Å². The number of nitrogens with two attached hydrogens (primary N) is 1. The van der Waals surface area contributed by atoms with Crippen LogP contribution in [0.5, 0.6) is 5.75 Å². The molecule has 0 saturated heterocycles. The molecule has 0 amide bonds. The van der Waals surface area contributed by atoms with Crippen molar-refractivity contribution in [2.45, 2.75) is 0 Å². The van der Waals surface area contributed by atoms with Crippen LogP contribution in [0, 0.1) is 0 Å². The van der Waals surface area contributed by atoms with E-state index >= 15 is 0 Å². The Morgan fingerprint density at radius 1 is 1.40 bits per heavy atom. The van der Waals surface area contributed by atoms with Crippen molar-refractivity contribution in [1.82, 2.24) is 0 Å². The molecule has 0 saturated carbocycles. The number of rotatable bonds is 0. The summed E-state index contributed by atoms with van der Waals surface area (Å²) in [5.74, 6) is 0.161. The SMILES string of the molecule is Cl.Nc1c[c]([Sb])ccc1O. The van der Waals surface area contributed by atoms with Crippen molar-refractivity contribution in [3.8, 4) is 5.75 Å². The third-order valence-corrected chi connectivity index (χ3v) is 1.81. The fourth-order valence-corrected chi connectivity index (χ4v) is 1.15. The molecule has 54 valence electrons. The van der Waals surface area contributed by atoms with Crippen LogP contribution in [0.4, 0.5) is 5.69 Å². The van der Waals surface area contributed by atoms with Gasteiger partial charge in [0.2, 0.25) is 0 Å². The van der Waals surface area contributed by atoms with Gasteiger partial charge >= 0.3 is 67.0 Å². The molecule has 2 radical (unpaired) electrons. The number of hydrogen-bond donors (Lipinski definition) is 2. The fraction of sp³-hybridized carbons (Fsp3) is 0. The molecule has 1 aromatic carbocycles. The Bertz CT molecular complexity index is 229. The predicted molar refractivity (Wildman–Crippen MR) is 45.2 cm³/mol. The van der Waals surface area contributed by atoms with Crippen molar-refractivity contribution in [2.75, 3.05) is 5.73 Å². The Morgan fingerprint density at radius 2 is 2.00 bits per heavy atom. The van der Waals surface area contributed by atoms with Gasteiger partial charge in [0.15, 0.2) is 0 Å². The number of halogens is 1.